The van der Waals surface area contributed by atoms with Crippen molar-refractivity contribution in [2.24, 2.45) is 0 Å². The molecule has 0 aliphatic carbocycles. The maximum absolute atomic E-state index is 12.6. The van der Waals surface area contributed by atoms with Crippen LogP contribution in [0.4, 0.5) is 22.7 Å². The summed E-state index contributed by atoms with van der Waals surface area (Å²) in [5.41, 5.74) is 11.0. The molecule has 0 aliphatic rings. The van der Waals surface area contributed by atoms with E-state index in [2.05, 4.69) is 43.5 Å². The zero-order valence-corrected chi connectivity index (χ0v) is 31.5. The molecule has 5 aromatic carbocycles. The Morgan fingerprint density at radius 1 is 0.588 bits per heavy atom. The van der Waals surface area contributed by atoms with Crippen molar-refractivity contribution in [3.8, 4) is 0 Å². The van der Waals surface area contributed by atoms with Crippen LogP contribution in [0.2, 0.25) is 0 Å². The van der Waals surface area contributed by atoms with E-state index in [-0.39, 0.29) is 9.79 Å². The highest BCUT2D eigenvalue weighted by Crippen LogP contribution is 2.39. The maximum atomic E-state index is 12.6. The summed E-state index contributed by atoms with van der Waals surface area (Å²) in [6.45, 7) is 11.9. The van der Waals surface area contributed by atoms with Crippen molar-refractivity contribution in [3.63, 3.8) is 0 Å². The van der Waals surface area contributed by atoms with Crippen molar-refractivity contribution >= 4 is 43.0 Å². The molecule has 1 atom stereocenters. The summed E-state index contributed by atoms with van der Waals surface area (Å²) in [5, 5.41) is 7.02. The molecule has 10 heteroatoms. The van der Waals surface area contributed by atoms with Crippen molar-refractivity contribution < 1.29 is 25.9 Å². The van der Waals surface area contributed by atoms with Crippen LogP contribution in [0, 0.1) is 13.8 Å². The number of aryl methyl sites for hydroxylation is 5. The van der Waals surface area contributed by atoms with Crippen LogP contribution in [0.25, 0.3) is 0 Å². The van der Waals surface area contributed by atoms with Gasteiger partial charge in [-0.3, -0.25) is 9.11 Å². The number of rotatable bonds is 13. The van der Waals surface area contributed by atoms with Crippen LogP contribution in [-0.2, 0) is 45.9 Å². The number of hydrogen-bond donors (Lipinski definition) is 4. The standard InChI is InChI=1S/C41H46N2O6S2/c1-7-28-23-26(5)24-29(8-2)39(28)42-33-19-15-31(16-20-33)38(36-13-11-12-14-37(36)50(44,45)46)32-17-21-34(22-18-32)43-40-30(9-3)25-27(6)41(35(40)10-4)51(47,48)49/h11-25,38,42-43H,7-10H2,1-6H3,(H,44,45,46)(H,47,48,49). The lowest BCUT2D eigenvalue weighted by molar-refractivity contribution is 0.479. The first-order valence-corrected chi connectivity index (χ1v) is 20.1. The second-order valence-electron chi connectivity index (χ2n) is 12.8. The Labute approximate surface area is 302 Å². The summed E-state index contributed by atoms with van der Waals surface area (Å²) in [7, 11) is -9.00. The lowest BCUT2D eigenvalue weighted by atomic mass is 9.85. The number of hydrogen-bond acceptors (Lipinski definition) is 6. The van der Waals surface area contributed by atoms with Gasteiger partial charge in [0.05, 0.1) is 4.90 Å². The fourth-order valence-corrected chi connectivity index (χ4v) is 8.81. The molecule has 0 saturated heterocycles. The van der Waals surface area contributed by atoms with Gasteiger partial charge in [0.15, 0.2) is 0 Å². The van der Waals surface area contributed by atoms with E-state index < -0.39 is 26.2 Å². The molecule has 5 rings (SSSR count). The minimum Gasteiger partial charge on any atom is -0.355 e. The quantitative estimate of drug-likeness (QED) is 0.0697. The van der Waals surface area contributed by atoms with Crippen LogP contribution >= 0.6 is 0 Å². The molecule has 268 valence electrons. The summed E-state index contributed by atoms with van der Waals surface area (Å²) in [6.07, 6.45) is 2.80. The van der Waals surface area contributed by atoms with Crippen LogP contribution in [0.15, 0.2) is 101 Å². The third kappa shape index (κ3) is 8.20. The van der Waals surface area contributed by atoms with Crippen LogP contribution in [0.5, 0.6) is 0 Å². The van der Waals surface area contributed by atoms with Gasteiger partial charge in [-0.15, -0.1) is 0 Å². The van der Waals surface area contributed by atoms with E-state index >= 15 is 0 Å². The van der Waals surface area contributed by atoms with E-state index in [1.807, 2.05) is 62.4 Å². The smallest absolute Gasteiger partial charge is 0.295 e. The molecule has 0 saturated carbocycles. The van der Waals surface area contributed by atoms with E-state index in [9.17, 15) is 25.9 Å². The van der Waals surface area contributed by atoms with E-state index in [1.54, 1.807) is 31.2 Å². The predicted molar refractivity (Wildman–Crippen MR) is 206 cm³/mol. The average molecular weight is 727 g/mol. The Hall–Kier alpha value is -4.48. The van der Waals surface area contributed by atoms with E-state index in [0.717, 1.165) is 40.9 Å². The molecule has 1 unspecified atom stereocenters. The molecule has 0 aliphatic heterocycles. The Morgan fingerprint density at radius 2 is 1.06 bits per heavy atom. The Balaban J connectivity index is 1.57. The summed E-state index contributed by atoms with van der Waals surface area (Å²) in [6, 6.07) is 28.0. The van der Waals surface area contributed by atoms with Gasteiger partial charge in [0.2, 0.25) is 0 Å². The Morgan fingerprint density at radius 3 is 1.51 bits per heavy atom. The normalized spacial score (nSPS) is 12.5. The van der Waals surface area contributed by atoms with Crippen molar-refractivity contribution in [1.82, 2.24) is 0 Å². The third-order valence-corrected chi connectivity index (χ3v) is 11.4. The molecule has 0 fully saturated rings. The molecule has 0 aromatic heterocycles. The first-order valence-electron chi connectivity index (χ1n) is 17.3. The molecule has 5 aromatic rings. The first kappa shape index (κ1) is 37.8. The monoisotopic (exact) mass is 726 g/mol. The van der Waals surface area contributed by atoms with E-state index in [4.69, 9.17) is 0 Å². The maximum Gasteiger partial charge on any atom is 0.295 e. The van der Waals surface area contributed by atoms with Gasteiger partial charge in [0.1, 0.15) is 4.90 Å². The van der Waals surface area contributed by atoms with E-state index in [1.165, 1.54) is 22.8 Å². The molecule has 0 bridgehead atoms. The Kier molecular flexibility index (Phi) is 11.4. The van der Waals surface area contributed by atoms with Crippen molar-refractivity contribution in [2.45, 2.75) is 82.9 Å². The van der Waals surface area contributed by atoms with Crippen LogP contribution < -0.4 is 10.6 Å². The highest BCUT2D eigenvalue weighted by Gasteiger charge is 2.26. The van der Waals surface area contributed by atoms with Gasteiger partial charge >= 0.3 is 0 Å². The summed E-state index contributed by atoms with van der Waals surface area (Å²) in [4.78, 5) is -0.253. The van der Waals surface area contributed by atoms with Gasteiger partial charge < -0.3 is 10.6 Å². The lowest BCUT2D eigenvalue weighted by Gasteiger charge is -2.23. The van der Waals surface area contributed by atoms with Crippen molar-refractivity contribution in [1.29, 1.82) is 0 Å². The molecule has 51 heavy (non-hydrogen) atoms. The molecule has 0 amide bonds. The van der Waals surface area contributed by atoms with Crippen LogP contribution in [0.3, 0.4) is 0 Å². The number of benzene rings is 5. The minimum absolute atomic E-state index is 0.0830. The third-order valence-electron chi connectivity index (χ3n) is 9.38. The first-order chi connectivity index (χ1) is 24.2. The second-order valence-corrected chi connectivity index (χ2v) is 15.6. The van der Waals surface area contributed by atoms with Crippen molar-refractivity contribution in [2.75, 3.05) is 10.6 Å². The fourth-order valence-electron chi connectivity index (χ4n) is 7.05. The minimum atomic E-state index is -4.54. The Bertz CT molecular complexity index is 2240. The SMILES string of the molecule is CCc1cc(C)cc(CC)c1Nc1ccc(C(c2ccc(Nc3c(CC)cc(C)c(S(=O)(=O)O)c3CC)cc2)c2ccccc2S(=O)(=O)O)cc1. The van der Waals surface area contributed by atoms with Gasteiger partial charge in [-0.25, -0.2) is 0 Å². The number of nitrogens with one attached hydrogen (secondary N) is 2. The highest BCUT2D eigenvalue weighted by atomic mass is 32.2. The molecule has 0 radical (unpaired) electrons. The summed E-state index contributed by atoms with van der Waals surface area (Å²) in [5.74, 6) is -0.550. The topological polar surface area (TPSA) is 133 Å². The summed E-state index contributed by atoms with van der Waals surface area (Å²) >= 11 is 0. The molecule has 0 spiro atoms. The van der Waals surface area contributed by atoms with Crippen molar-refractivity contribution in [3.05, 3.63) is 141 Å². The fraction of sp³-hybridized carbons (Fsp3) is 0.268. The van der Waals surface area contributed by atoms with Gasteiger partial charge in [-0.05, 0) is 114 Å². The number of anilines is 4. The van der Waals surface area contributed by atoms with Crippen LogP contribution in [-0.4, -0.2) is 25.9 Å². The largest absolute Gasteiger partial charge is 0.355 e. The highest BCUT2D eigenvalue weighted by molar-refractivity contribution is 7.86. The van der Waals surface area contributed by atoms with Crippen LogP contribution in [0.1, 0.15) is 83.7 Å². The lowest BCUT2D eigenvalue weighted by Crippen LogP contribution is -2.11. The van der Waals surface area contributed by atoms with Gasteiger partial charge in [-0.2, -0.15) is 16.8 Å². The molecular formula is C41H46N2O6S2. The average Bonchev–Trinajstić information content (AvgIpc) is 3.09. The zero-order valence-electron chi connectivity index (χ0n) is 29.9. The van der Waals surface area contributed by atoms with Gasteiger partial charge in [0, 0.05) is 28.7 Å². The molecule has 4 N–H and O–H groups in total. The second kappa shape index (κ2) is 15.4. The molecular weight excluding hydrogens is 681 g/mol. The van der Waals surface area contributed by atoms with Gasteiger partial charge in [0.25, 0.3) is 20.2 Å². The molecule has 0 heterocycles. The zero-order chi connectivity index (χ0) is 37.1. The predicted octanol–water partition coefficient (Wildman–Crippen LogP) is 9.71. The van der Waals surface area contributed by atoms with E-state index in [0.29, 0.717) is 40.9 Å². The van der Waals surface area contributed by atoms with Gasteiger partial charge in [-0.1, -0.05) is 93.9 Å². The summed E-state index contributed by atoms with van der Waals surface area (Å²) < 4.78 is 70.2. The molecule has 8 nitrogen and oxygen atoms in total.